The van der Waals surface area contributed by atoms with Crippen LogP contribution in [0.5, 0.6) is 5.75 Å². The predicted molar refractivity (Wildman–Crippen MR) is 94.3 cm³/mol. The highest BCUT2D eigenvalue weighted by Crippen LogP contribution is 2.37. The number of phenolic OH excluding ortho intramolecular Hbond substituents is 1. The maximum absolute atomic E-state index is 9.38. The first kappa shape index (κ1) is 15.9. The summed E-state index contributed by atoms with van der Waals surface area (Å²) in [4.78, 5) is 0. The van der Waals surface area contributed by atoms with E-state index in [9.17, 15) is 5.11 Å². The van der Waals surface area contributed by atoms with Gasteiger partial charge in [-0.25, -0.2) is 0 Å². The topological polar surface area (TPSA) is 32.3 Å². The van der Waals surface area contributed by atoms with Gasteiger partial charge in [-0.3, -0.25) is 0 Å². The van der Waals surface area contributed by atoms with Gasteiger partial charge in [0.15, 0.2) is 0 Å². The highest BCUT2D eigenvalue weighted by Gasteiger charge is 2.13. The first-order valence-electron chi connectivity index (χ1n) is 6.21. The van der Waals surface area contributed by atoms with Crippen molar-refractivity contribution in [2.24, 2.45) is 0 Å². The lowest BCUT2D eigenvalue weighted by Gasteiger charge is -2.21. The molecule has 2 aromatic rings. The minimum Gasteiger partial charge on any atom is -0.508 e. The molecule has 1 unspecified atom stereocenters. The Bertz CT molecular complexity index is 576. The zero-order valence-corrected chi connectivity index (χ0v) is 15.6. The molecule has 0 spiro atoms. The molecule has 0 bridgehead atoms. The van der Waals surface area contributed by atoms with Gasteiger partial charge in [0, 0.05) is 13.4 Å². The standard InChI is InChI=1S/C15H14Br3NO/c1-2-14(9-3-5-11(20)6-4-9)19-15-12(17)7-10(16)8-13(15)18/h3-8,14,19-20H,2H2,1H3. The van der Waals surface area contributed by atoms with E-state index < -0.39 is 0 Å². The molecule has 5 heteroatoms. The molecule has 0 aliphatic rings. The summed E-state index contributed by atoms with van der Waals surface area (Å²) < 4.78 is 3.01. The molecule has 0 aliphatic heterocycles. The maximum atomic E-state index is 9.38. The number of nitrogens with one attached hydrogen (secondary N) is 1. The lowest BCUT2D eigenvalue weighted by molar-refractivity contribution is 0.475. The van der Waals surface area contributed by atoms with Crippen LogP contribution < -0.4 is 5.32 Å². The number of phenols is 1. The second-order valence-electron chi connectivity index (χ2n) is 4.44. The third-order valence-corrected chi connectivity index (χ3v) is 4.74. The highest BCUT2D eigenvalue weighted by atomic mass is 79.9. The van der Waals surface area contributed by atoms with E-state index in [1.54, 1.807) is 12.1 Å². The van der Waals surface area contributed by atoms with Gasteiger partial charge in [-0.05, 0) is 68.1 Å². The van der Waals surface area contributed by atoms with Gasteiger partial charge >= 0.3 is 0 Å². The average molecular weight is 464 g/mol. The quantitative estimate of drug-likeness (QED) is 0.562. The van der Waals surface area contributed by atoms with E-state index in [0.717, 1.165) is 31.1 Å². The second kappa shape index (κ2) is 6.96. The molecule has 20 heavy (non-hydrogen) atoms. The molecule has 0 saturated carbocycles. The van der Waals surface area contributed by atoms with Gasteiger partial charge < -0.3 is 10.4 Å². The summed E-state index contributed by atoms with van der Waals surface area (Å²) in [6.45, 7) is 2.13. The summed E-state index contributed by atoms with van der Waals surface area (Å²) in [7, 11) is 0. The van der Waals surface area contributed by atoms with Crippen molar-refractivity contribution in [2.45, 2.75) is 19.4 Å². The van der Waals surface area contributed by atoms with Crippen molar-refractivity contribution in [1.29, 1.82) is 0 Å². The van der Waals surface area contributed by atoms with Crippen LogP contribution in [0.2, 0.25) is 0 Å². The van der Waals surface area contributed by atoms with E-state index in [4.69, 9.17) is 0 Å². The third-order valence-electron chi connectivity index (χ3n) is 3.03. The fourth-order valence-corrected chi connectivity index (χ4v) is 4.47. The van der Waals surface area contributed by atoms with Crippen molar-refractivity contribution < 1.29 is 5.11 Å². The lowest BCUT2D eigenvalue weighted by atomic mass is 10.0. The first-order valence-corrected chi connectivity index (χ1v) is 8.59. The van der Waals surface area contributed by atoms with Crippen LogP contribution in [0.1, 0.15) is 24.9 Å². The molecule has 0 aromatic heterocycles. The Balaban J connectivity index is 2.29. The van der Waals surface area contributed by atoms with E-state index in [1.807, 2.05) is 24.3 Å². The first-order chi connectivity index (χ1) is 9.51. The molecule has 0 heterocycles. The minimum atomic E-state index is 0.185. The molecule has 1 atom stereocenters. The van der Waals surface area contributed by atoms with Crippen molar-refractivity contribution in [3.63, 3.8) is 0 Å². The molecule has 0 amide bonds. The van der Waals surface area contributed by atoms with Gasteiger partial charge in [-0.2, -0.15) is 0 Å². The monoisotopic (exact) mass is 461 g/mol. The summed E-state index contributed by atoms with van der Waals surface area (Å²) in [5.74, 6) is 0.287. The zero-order valence-electron chi connectivity index (χ0n) is 10.8. The van der Waals surface area contributed by atoms with Gasteiger partial charge in [0.2, 0.25) is 0 Å². The number of benzene rings is 2. The van der Waals surface area contributed by atoms with Crippen molar-refractivity contribution in [3.8, 4) is 5.75 Å². The van der Waals surface area contributed by atoms with Crippen molar-refractivity contribution in [3.05, 3.63) is 55.4 Å². The van der Waals surface area contributed by atoms with Crippen LogP contribution >= 0.6 is 47.8 Å². The number of rotatable bonds is 4. The second-order valence-corrected chi connectivity index (χ2v) is 7.07. The highest BCUT2D eigenvalue weighted by molar-refractivity contribution is 9.11. The summed E-state index contributed by atoms with van der Waals surface area (Å²) in [6, 6.07) is 11.5. The van der Waals surface area contributed by atoms with Gasteiger partial charge in [0.25, 0.3) is 0 Å². The number of aromatic hydroxyl groups is 1. The van der Waals surface area contributed by atoms with Crippen LogP contribution in [0.4, 0.5) is 5.69 Å². The van der Waals surface area contributed by atoms with E-state index in [-0.39, 0.29) is 11.8 Å². The number of hydrogen-bond acceptors (Lipinski definition) is 2. The number of halogens is 3. The van der Waals surface area contributed by atoms with Crippen molar-refractivity contribution in [1.82, 2.24) is 0 Å². The molecule has 2 aromatic carbocycles. The normalized spacial score (nSPS) is 12.2. The summed E-state index contributed by atoms with van der Waals surface area (Å²) in [5.41, 5.74) is 2.17. The number of anilines is 1. The van der Waals surface area contributed by atoms with Crippen molar-refractivity contribution in [2.75, 3.05) is 5.32 Å². The van der Waals surface area contributed by atoms with Crippen LogP contribution in [0.25, 0.3) is 0 Å². The average Bonchev–Trinajstić information content (AvgIpc) is 2.39. The van der Waals surface area contributed by atoms with Gasteiger partial charge in [0.1, 0.15) is 5.75 Å². The lowest BCUT2D eigenvalue weighted by Crippen LogP contribution is -2.10. The predicted octanol–water partition coefficient (Wildman–Crippen LogP) is 6.24. The smallest absolute Gasteiger partial charge is 0.115 e. The summed E-state index contributed by atoms with van der Waals surface area (Å²) >= 11 is 10.6. The molecule has 0 saturated heterocycles. The molecule has 2 nitrogen and oxygen atoms in total. The van der Waals surface area contributed by atoms with E-state index in [2.05, 4.69) is 60.0 Å². The zero-order chi connectivity index (χ0) is 14.7. The van der Waals surface area contributed by atoms with Gasteiger partial charge in [0.05, 0.1) is 11.7 Å². The molecular formula is C15H14Br3NO. The third kappa shape index (κ3) is 3.77. The SMILES string of the molecule is CCC(Nc1c(Br)cc(Br)cc1Br)c1ccc(O)cc1. The Morgan fingerprint density at radius 3 is 2.10 bits per heavy atom. The Morgan fingerprint density at radius 1 is 1.05 bits per heavy atom. The van der Waals surface area contributed by atoms with E-state index >= 15 is 0 Å². The van der Waals surface area contributed by atoms with Crippen LogP contribution in [-0.2, 0) is 0 Å². The van der Waals surface area contributed by atoms with E-state index in [0.29, 0.717) is 0 Å². The largest absolute Gasteiger partial charge is 0.508 e. The molecule has 0 fully saturated rings. The van der Waals surface area contributed by atoms with Crippen LogP contribution in [0, 0.1) is 0 Å². The fraction of sp³-hybridized carbons (Fsp3) is 0.200. The summed E-state index contributed by atoms with van der Waals surface area (Å²) in [6.07, 6.45) is 0.944. The van der Waals surface area contributed by atoms with E-state index in [1.165, 1.54) is 0 Å². The van der Waals surface area contributed by atoms with Gasteiger partial charge in [-0.1, -0.05) is 35.0 Å². The molecule has 106 valence electrons. The van der Waals surface area contributed by atoms with Gasteiger partial charge in [-0.15, -0.1) is 0 Å². The molecular weight excluding hydrogens is 450 g/mol. The molecule has 2 rings (SSSR count). The fourth-order valence-electron chi connectivity index (χ4n) is 1.98. The number of hydrogen-bond donors (Lipinski definition) is 2. The Morgan fingerprint density at radius 2 is 1.60 bits per heavy atom. The molecule has 0 aliphatic carbocycles. The molecule has 2 N–H and O–H groups in total. The Hall–Kier alpha value is -0.520. The van der Waals surface area contributed by atoms with Crippen LogP contribution in [-0.4, -0.2) is 5.11 Å². The van der Waals surface area contributed by atoms with Crippen LogP contribution in [0.3, 0.4) is 0 Å². The minimum absolute atomic E-state index is 0.185. The Kier molecular flexibility index (Phi) is 5.52. The summed E-state index contributed by atoms with van der Waals surface area (Å²) in [5, 5.41) is 12.9. The maximum Gasteiger partial charge on any atom is 0.115 e. The molecule has 0 radical (unpaired) electrons. The van der Waals surface area contributed by atoms with Crippen LogP contribution in [0.15, 0.2) is 49.8 Å². The van der Waals surface area contributed by atoms with Crippen molar-refractivity contribution >= 4 is 53.5 Å². The Labute approximate surface area is 144 Å².